The molecule has 218 valence electrons. The number of ether oxygens (including phenoxy) is 2. The molecule has 2 heterocycles. The number of hydrogen-bond donors (Lipinski definition) is 1. The van der Waals surface area contributed by atoms with Crippen molar-refractivity contribution in [2.24, 2.45) is 5.10 Å². The predicted molar refractivity (Wildman–Crippen MR) is 162 cm³/mol. The highest BCUT2D eigenvalue weighted by Crippen LogP contribution is 2.33. The lowest BCUT2D eigenvalue weighted by Gasteiger charge is -2.09. The van der Waals surface area contributed by atoms with Crippen molar-refractivity contribution >= 4 is 39.7 Å². The normalized spacial score (nSPS) is 11.3. The van der Waals surface area contributed by atoms with Crippen LogP contribution in [0, 0.1) is 10.1 Å². The number of aromatic nitrogens is 2. The number of furan rings is 1. The highest BCUT2D eigenvalue weighted by atomic mass is 16.6. The van der Waals surface area contributed by atoms with E-state index < -0.39 is 16.5 Å². The molecule has 0 aliphatic heterocycles. The Kier molecular flexibility index (Phi) is 7.30. The number of nitrogens with zero attached hydrogens (tertiary/aromatic N) is 4. The van der Waals surface area contributed by atoms with E-state index in [1.54, 1.807) is 73.8 Å². The molecule has 44 heavy (non-hydrogen) atoms. The van der Waals surface area contributed by atoms with Crippen molar-refractivity contribution in [3.8, 4) is 23.1 Å². The molecule has 0 saturated carbocycles. The predicted octanol–water partition coefficient (Wildman–Crippen LogP) is 5.89. The second-order valence-electron chi connectivity index (χ2n) is 9.58. The van der Waals surface area contributed by atoms with Crippen LogP contribution in [0.3, 0.4) is 0 Å². The summed E-state index contributed by atoms with van der Waals surface area (Å²) in [5.74, 6) is -0.132. The van der Waals surface area contributed by atoms with E-state index >= 15 is 0 Å². The van der Waals surface area contributed by atoms with Gasteiger partial charge in [0.05, 0.1) is 40.1 Å². The Bertz CT molecular complexity index is 2170. The minimum atomic E-state index is -1.09. The molecule has 0 spiro atoms. The molecule has 1 N–H and O–H groups in total. The zero-order valence-corrected chi connectivity index (χ0v) is 23.0. The number of para-hydroxylation sites is 1. The number of methoxy groups -OCH3 is 1. The van der Waals surface area contributed by atoms with Crippen molar-refractivity contribution in [2.45, 2.75) is 6.61 Å². The Morgan fingerprint density at radius 3 is 2.64 bits per heavy atom. The van der Waals surface area contributed by atoms with E-state index in [-0.39, 0.29) is 35.2 Å². The first-order valence-electron chi connectivity index (χ1n) is 13.2. The number of nitro groups is 1. The summed E-state index contributed by atoms with van der Waals surface area (Å²) in [6.45, 7) is -0.0841. The maximum atomic E-state index is 13.6. The van der Waals surface area contributed by atoms with Crippen LogP contribution in [0.1, 0.15) is 21.5 Å². The van der Waals surface area contributed by atoms with Gasteiger partial charge in [-0.25, -0.2) is 9.78 Å². The summed E-state index contributed by atoms with van der Waals surface area (Å²) in [6, 6.07) is 24.2. The molecule has 6 rings (SSSR count). The lowest BCUT2D eigenvalue weighted by molar-refractivity contribution is -0.385. The van der Waals surface area contributed by atoms with E-state index in [1.807, 2.05) is 0 Å². The Morgan fingerprint density at radius 2 is 1.84 bits per heavy atom. The summed E-state index contributed by atoms with van der Waals surface area (Å²) in [4.78, 5) is 40.8. The number of fused-ring (bicyclic) bond motifs is 2. The lowest BCUT2D eigenvalue weighted by atomic mass is 10.1. The molecule has 0 amide bonds. The number of nitro benzene ring substituents is 1. The maximum Gasteiger partial charge on any atom is 0.335 e. The molecule has 12 heteroatoms. The van der Waals surface area contributed by atoms with Crippen LogP contribution in [-0.2, 0) is 6.61 Å². The second kappa shape index (κ2) is 11.5. The van der Waals surface area contributed by atoms with E-state index in [4.69, 9.17) is 13.9 Å². The summed E-state index contributed by atoms with van der Waals surface area (Å²) in [5, 5.41) is 26.5. The van der Waals surface area contributed by atoms with Crippen LogP contribution < -0.4 is 15.0 Å². The average Bonchev–Trinajstić information content (AvgIpc) is 3.48. The fourth-order valence-electron chi connectivity index (χ4n) is 4.67. The highest BCUT2D eigenvalue weighted by Gasteiger charge is 2.19. The standard InChI is InChI=1S/C32H22N4O8/c1-42-26-10-5-11-27-23(26)16-29(44-27)30-34-24-9-3-2-8-22(24)31(37)35(30)33-17-19-12-13-28(25(15-19)36(40)41)43-18-20-6-4-7-21(14-20)32(38)39/h2-17H,18H2,1H3,(H,38,39). The molecule has 0 saturated heterocycles. The van der Waals surface area contributed by atoms with Gasteiger partial charge in [0.1, 0.15) is 17.9 Å². The van der Waals surface area contributed by atoms with Crippen molar-refractivity contribution in [1.29, 1.82) is 0 Å². The number of benzene rings is 4. The third kappa shape index (κ3) is 5.34. The molecule has 0 unspecified atom stereocenters. The molecule has 0 radical (unpaired) electrons. The number of aromatic carboxylic acids is 1. The van der Waals surface area contributed by atoms with Crippen LogP contribution in [0.4, 0.5) is 5.69 Å². The van der Waals surface area contributed by atoms with Crippen LogP contribution in [0.25, 0.3) is 33.5 Å². The van der Waals surface area contributed by atoms with E-state index in [0.29, 0.717) is 38.7 Å². The van der Waals surface area contributed by atoms with Gasteiger partial charge in [0.25, 0.3) is 5.56 Å². The maximum absolute atomic E-state index is 13.6. The molecule has 2 aromatic heterocycles. The third-order valence-corrected chi connectivity index (χ3v) is 6.79. The zero-order valence-electron chi connectivity index (χ0n) is 23.0. The smallest absolute Gasteiger partial charge is 0.335 e. The van der Waals surface area contributed by atoms with E-state index in [2.05, 4.69) is 10.1 Å². The number of rotatable bonds is 9. The van der Waals surface area contributed by atoms with Crippen LogP contribution in [0.15, 0.2) is 105 Å². The molecule has 0 atom stereocenters. The summed E-state index contributed by atoms with van der Waals surface area (Å²) in [7, 11) is 1.54. The molecule has 0 bridgehead atoms. The number of hydrogen-bond acceptors (Lipinski definition) is 9. The summed E-state index contributed by atoms with van der Waals surface area (Å²) >= 11 is 0. The minimum Gasteiger partial charge on any atom is -0.496 e. The molecule has 12 nitrogen and oxygen atoms in total. The van der Waals surface area contributed by atoms with Gasteiger partial charge in [-0.3, -0.25) is 14.9 Å². The number of carbonyl (C=O) groups is 1. The van der Waals surface area contributed by atoms with E-state index in [9.17, 15) is 24.8 Å². The lowest BCUT2D eigenvalue weighted by Crippen LogP contribution is -2.20. The SMILES string of the molecule is COc1cccc2oc(-c3nc4ccccc4c(=O)n3N=Cc3ccc(OCc4cccc(C(=O)O)c4)c([N+](=O)[O-])c3)cc12. The van der Waals surface area contributed by atoms with Gasteiger partial charge in [-0.2, -0.15) is 9.78 Å². The largest absolute Gasteiger partial charge is 0.496 e. The van der Waals surface area contributed by atoms with Crippen molar-refractivity contribution in [1.82, 2.24) is 9.66 Å². The van der Waals surface area contributed by atoms with Crippen molar-refractivity contribution in [3.05, 3.63) is 128 Å². The van der Waals surface area contributed by atoms with Crippen LogP contribution in [0.5, 0.6) is 11.5 Å². The average molecular weight is 591 g/mol. The fourth-order valence-corrected chi connectivity index (χ4v) is 4.67. The van der Waals surface area contributed by atoms with Gasteiger partial charge in [0, 0.05) is 11.6 Å². The topological polar surface area (TPSA) is 159 Å². The molecule has 0 aliphatic carbocycles. The van der Waals surface area contributed by atoms with Gasteiger partial charge >= 0.3 is 11.7 Å². The quantitative estimate of drug-likeness (QED) is 0.123. The summed E-state index contributed by atoms with van der Waals surface area (Å²) in [5.41, 5.74) is 1.09. The summed E-state index contributed by atoms with van der Waals surface area (Å²) in [6.07, 6.45) is 1.30. The van der Waals surface area contributed by atoms with Crippen molar-refractivity contribution < 1.29 is 28.7 Å². The molecular weight excluding hydrogens is 568 g/mol. The van der Waals surface area contributed by atoms with Gasteiger partial charge in [-0.1, -0.05) is 30.3 Å². The highest BCUT2D eigenvalue weighted by molar-refractivity contribution is 5.89. The van der Waals surface area contributed by atoms with Crippen molar-refractivity contribution in [2.75, 3.05) is 7.11 Å². The molecule has 0 fully saturated rings. The Hall–Kier alpha value is -6.30. The second-order valence-corrected chi connectivity index (χ2v) is 9.58. The number of carboxylic acid groups (broad SMARTS) is 1. The van der Waals surface area contributed by atoms with Crippen molar-refractivity contribution in [3.63, 3.8) is 0 Å². The Labute approximate surface area is 248 Å². The molecular formula is C32H22N4O8. The van der Waals surface area contributed by atoms with Gasteiger partial charge in [-0.15, -0.1) is 0 Å². The van der Waals surface area contributed by atoms with Gasteiger partial charge in [0.2, 0.25) is 5.82 Å². The number of carboxylic acids is 1. The van der Waals surface area contributed by atoms with Crippen LogP contribution >= 0.6 is 0 Å². The summed E-state index contributed by atoms with van der Waals surface area (Å²) < 4.78 is 18.2. The first kappa shape index (κ1) is 27.8. The van der Waals surface area contributed by atoms with E-state index in [1.165, 1.54) is 30.5 Å². The Morgan fingerprint density at radius 1 is 1.02 bits per heavy atom. The van der Waals surface area contributed by atoms with Gasteiger partial charge < -0.3 is 19.0 Å². The molecule has 0 aliphatic rings. The third-order valence-electron chi connectivity index (χ3n) is 6.79. The minimum absolute atomic E-state index is 0.0191. The van der Waals surface area contributed by atoms with Crippen LogP contribution in [-0.4, -0.2) is 39.0 Å². The van der Waals surface area contributed by atoms with E-state index in [0.717, 1.165) is 4.68 Å². The Balaban J connectivity index is 1.37. The van der Waals surface area contributed by atoms with Gasteiger partial charge in [0.15, 0.2) is 11.5 Å². The first-order chi connectivity index (χ1) is 21.3. The molecule has 6 aromatic rings. The zero-order chi connectivity index (χ0) is 30.8. The van der Waals surface area contributed by atoms with Gasteiger partial charge in [-0.05, 0) is 60.2 Å². The molecule has 4 aromatic carbocycles. The monoisotopic (exact) mass is 590 g/mol. The first-order valence-corrected chi connectivity index (χ1v) is 13.2. The fraction of sp³-hybridized carbons (Fsp3) is 0.0625. The van der Waals surface area contributed by atoms with Crippen LogP contribution in [0.2, 0.25) is 0 Å².